The lowest BCUT2D eigenvalue weighted by molar-refractivity contribution is -0.122. The lowest BCUT2D eigenvalue weighted by Gasteiger charge is -2.25. The highest BCUT2D eigenvalue weighted by molar-refractivity contribution is 7.91. The van der Waals surface area contributed by atoms with E-state index in [1.165, 1.54) is 0 Å². The molecule has 1 atom stereocenters. The minimum absolute atomic E-state index is 0.0462. The molecule has 1 aromatic heterocycles. The van der Waals surface area contributed by atoms with Crippen LogP contribution in [0, 0.1) is 12.3 Å². The van der Waals surface area contributed by atoms with Crippen molar-refractivity contribution in [3.63, 3.8) is 0 Å². The fourth-order valence-corrected chi connectivity index (χ4v) is 5.05. The second-order valence-corrected chi connectivity index (χ2v) is 9.38. The van der Waals surface area contributed by atoms with Crippen LogP contribution in [0.4, 0.5) is 0 Å². The molecular weight excluding hydrogens is 400 g/mol. The van der Waals surface area contributed by atoms with Crippen molar-refractivity contribution in [3.05, 3.63) is 47.2 Å². The van der Waals surface area contributed by atoms with E-state index in [9.17, 15) is 13.2 Å². The molecule has 1 unspecified atom stereocenters. The summed E-state index contributed by atoms with van der Waals surface area (Å²) >= 11 is 5.89. The van der Waals surface area contributed by atoms with Gasteiger partial charge in [-0.05, 0) is 42.8 Å². The Morgan fingerprint density at radius 1 is 1.29 bits per heavy atom. The molecule has 0 spiro atoms. The lowest BCUT2D eigenvalue weighted by atomic mass is 10.2. The molecule has 0 aliphatic carbocycles. The molecule has 0 saturated carbocycles. The predicted molar refractivity (Wildman–Crippen MR) is 108 cm³/mol. The fraction of sp³-hybridized carbons (Fsp3) is 0.350. The Bertz CT molecular complexity index is 976. The third-order valence-corrected chi connectivity index (χ3v) is 6.62. The number of carbonyl (C=O) groups excluding carboxylic acids is 1. The van der Waals surface area contributed by atoms with E-state index < -0.39 is 9.84 Å². The molecule has 1 N–H and O–H groups in total. The molecule has 1 aromatic carbocycles. The maximum absolute atomic E-state index is 12.3. The Morgan fingerprint density at radius 3 is 2.68 bits per heavy atom. The second kappa shape index (κ2) is 8.82. The van der Waals surface area contributed by atoms with Crippen LogP contribution in [-0.4, -0.2) is 49.9 Å². The first-order valence-electron chi connectivity index (χ1n) is 8.85. The van der Waals surface area contributed by atoms with Gasteiger partial charge in [-0.15, -0.1) is 6.42 Å². The van der Waals surface area contributed by atoms with Gasteiger partial charge in [-0.25, -0.2) is 8.42 Å². The van der Waals surface area contributed by atoms with Crippen LogP contribution in [0.25, 0.3) is 11.3 Å². The second-order valence-electron chi connectivity index (χ2n) is 6.72. The molecule has 148 valence electrons. The lowest BCUT2D eigenvalue weighted by Crippen LogP contribution is -2.43. The third kappa shape index (κ3) is 5.38. The number of amides is 1. The van der Waals surface area contributed by atoms with Gasteiger partial charge in [0.2, 0.25) is 5.91 Å². The molecule has 1 aliphatic heterocycles. The number of nitrogens with one attached hydrogen (secondary N) is 1. The maximum Gasteiger partial charge on any atom is 0.234 e. The molecule has 1 saturated heterocycles. The number of hydrogen-bond donors (Lipinski definition) is 1. The zero-order chi connectivity index (χ0) is 20.1. The van der Waals surface area contributed by atoms with E-state index in [4.69, 9.17) is 22.4 Å². The molecule has 2 heterocycles. The van der Waals surface area contributed by atoms with Crippen molar-refractivity contribution >= 4 is 27.3 Å². The van der Waals surface area contributed by atoms with Gasteiger partial charge in [0, 0.05) is 16.6 Å². The zero-order valence-electron chi connectivity index (χ0n) is 15.2. The first-order chi connectivity index (χ1) is 13.4. The van der Waals surface area contributed by atoms with Gasteiger partial charge in [-0.2, -0.15) is 0 Å². The molecule has 8 heteroatoms. The van der Waals surface area contributed by atoms with Crippen LogP contribution in [0.3, 0.4) is 0 Å². The molecule has 28 heavy (non-hydrogen) atoms. The van der Waals surface area contributed by atoms with E-state index in [0.717, 1.165) is 5.56 Å². The van der Waals surface area contributed by atoms with Crippen molar-refractivity contribution in [1.82, 2.24) is 10.2 Å². The Hall–Kier alpha value is -2.27. The Kier molecular flexibility index (Phi) is 6.45. The number of hydrogen-bond acceptors (Lipinski definition) is 5. The monoisotopic (exact) mass is 420 g/mol. The van der Waals surface area contributed by atoms with E-state index in [2.05, 4.69) is 11.2 Å². The summed E-state index contributed by atoms with van der Waals surface area (Å²) in [5.74, 6) is 3.75. The highest BCUT2D eigenvalue weighted by Gasteiger charge is 2.32. The Morgan fingerprint density at radius 2 is 2.04 bits per heavy atom. The molecule has 0 bridgehead atoms. The number of carbonyl (C=O) groups is 1. The van der Waals surface area contributed by atoms with Crippen LogP contribution in [0.2, 0.25) is 5.02 Å². The summed E-state index contributed by atoms with van der Waals surface area (Å²) in [7, 11) is -3.04. The number of sulfone groups is 1. The Labute approximate surface area is 169 Å². The molecule has 3 rings (SSSR count). The maximum atomic E-state index is 12.3. The average Bonchev–Trinajstić information content (AvgIpc) is 3.26. The van der Waals surface area contributed by atoms with Crippen LogP contribution in [-0.2, 0) is 21.2 Å². The molecule has 1 fully saturated rings. The number of halogens is 1. The summed E-state index contributed by atoms with van der Waals surface area (Å²) in [6.07, 6.45) is 5.88. The van der Waals surface area contributed by atoms with E-state index in [1.54, 1.807) is 23.1 Å². The topological polar surface area (TPSA) is 79.6 Å². The van der Waals surface area contributed by atoms with Gasteiger partial charge in [0.15, 0.2) is 9.84 Å². The number of rotatable bonds is 7. The zero-order valence-corrected chi connectivity index (χ0v) is 16.8. The number of terminal acetylenes is 1. The van der Waals surface area contributed by atoms with Crippen molar-refractivity contribution in [2.75, 3.05) is 24.6 Å². The summed E-state index contributed by atoms with van der Waals surface area (Å²) in [4.78, 5) is 14.0. The van der Waals surface area contributed by atoms with Crippen molar-refractivity contribution in [2.24, 2.45) is 0 Å². The van der Waals surface area contributed by atoms with Gasteiger partial charge in [0.1, 0.15) is 11.5 Å². The van der Waals surface area contributed by atoms with Gasteiger partial charge in [0.05, 0.1) is 31.1 Å². The van der Waals surface area contributed by atoms with Gasteiger partial charge in [0.25, 0.3) is 0 Å². The smallest absolute Gasteiger partial charge is 0.234 e. The van der Waals surface area contributed by atoms with Gasteiger partial charge in [-0.3, -0.25) is 9.69 Å². The molecule has 1 aliphatic rings. The molecule has 2 aromatic rings. The average molecular weight is 421 g/mol. The summed E-state index contributed by atoms with van der Waals surface area (Å²) < 4.78 is 29.1. The standard InChI is InChI=1S/C20H21ClN2O4S/c1-2-10-23(17-9-11-28(25,26)14-17)13-20(24)22-12-18-7-8-19(27-18)15-3-5-16(21)6-4-15/h1,3-8,17H,9-14H2,(H,22,24). The normalized spacial score (nSPS) is 18.1. The third-order valence-electron chi connectivity index (χ3n) is 4.62. The van der Waals surface area contributed by atoms with Crippen molar-refractivity contribution in [1.29, 1.82) is 0 Å². The Balaban J connectivity index is 1.55. The van der Waals surface area contributed by atoms with E-state index in [-0.39, 0.29) is 43.1 Å². The van der Waals surface area contributed by atoms with Gasteiger partial charge < -0.3 is 9.73 Å². The SMILES string of the molecule is C#CCN(CC(=O)NCc1ccc(-c2ccc(Cl)cc2)o1)C1CCS(=O)(=O)C1. The van der Waals surface area contributed by atoms with Crippen LogP contribution in [0.5, 0.6) is 0 Å². The summed E-state index contributed by atoms with van der Waals surface area (Å²) in [5.41, 5.74) is 0.893. The van der Waals surface area contributed by atoms with E-state index in [0.29, 0.717) is 23.0 Å². The van der Waals surface area contributed by atoms with Crippen molar-refractivity contribution < 1.29 is 17.6 Å². The summed E-state index contributed by atoms with van der Waals surface area (Å²) in [6, 6.07) is 10.7. The van der Waals surface area contributed by atoms with E-state index in [1.807, 2.05) is 18.2 Å². The first-order valence-corrected chi connectivity index (χ1v) is 11.1. The predicted octanol–water partition coefficient (Wildman–Crippen LogP) is 2.34. The molecule has 6 nitrogen and oxygen atoms in total. The number of nitrogens with zero attached hydrogens (tertiary/aromatic N) is 1. The number of benzene rings is 1. The van der Waals surface area contributed by atoms with Gasteiger partial charge in [-0.1, -0.05) is 17.5 Å². The largest absolute Gasteiger partial charge is 0.459 e. The van der Waals surface area contributed by atoms with Crippen LogP contribution in [0.15, 0.2) is 40.8 Å². The van der Waals surface area contributed by atoms with Gasteiger partial charge >= 0.3 is 0 Å². The quantitative estimate of drug-likeness (QED) is 0.695. The first kappa shape index (κ1) is 20.5. The molecule has 1 amide bonds. The highest BCUT2D eigenvalue weighted by atomic mass is 35.5. The summed E-state index contributed by atoms with van der Waals surface area (Å²) in [5, 5.41) is 3.44. The van der Waals surface area contributed by atoms with Crippen LogP contribution >= 0.6 is 11.6 Å². The minimum atomic E-state index is -3.04. The van der Waals surface area contributed by atoms with Crippen LogP contribution in [0.1, 0.15) is 12.2 Å². The highest BCUT2D eigenvalue weighted by Crippen LogP contribution is 2.23. The van der Waals surface area contributed by atoms with Crippen molar-refractivity contribution in [2.45, 2.75) is 19.0 Å². The molecule has 0 radical (unpaired) electrons. The van der Waals surface area contributed by atoms with Crippen molar-refractivity contribution in [3.8, 4) is 23.7 Å². The molecular formula is C20H21ClN2O4S. The number of furan rings is 1. The van der Waals surface area contributed by atoms with E-state index >= 15 is 0 Å². The minimum Gasteiger partial charge on any atom is -0.459 e. The van der Waals surface area contributed by atoms with Crippen LogP contribution < -0.4 is 5.32 Å². The fourth-order valence-electron chi connectivity index (χ4n) is 3.16. The summed E-state index contributed by atoms with van der Waals surface area (Å²) in [6.45, 7) is 0.517.